The summed E-state index contributed by atoms with van der Waals surface area (Å²) < 4.78 is 5.38. The molecule has 4 heteroatoms. The second kappa shape index (κ2) is 5.35. The molecule has 1 fully saturated rings. The zero-order valence-corrected chi connectivity index (χ0v) is 11.9. The number of carbonyl (C=O) groups is 1. The van der Waals surface area contributed by atoms with Gasteiger partial charge in [-0.3, -0.25) is 4.79 Å². The van der Waals surface area contributed by atoms with Crippen molar-refractivity contribution in [2.24, 2.45) is 0 Å². The summed E-state index contributed by atoms with van der Waals surface area (Å²) in [4.78, 5) is 12.0. The van der Waals surface area contributed by atoms with Gasteiger partial charge >= 0.3 is 5.97 Å². The summed E-state index contributed by atoms with van der Waals surface area (Å²) in [6.07, 6.45) is 0.886. The minimum atomic E-state index is -0.338. The molecule has 0 saturated carbocycles. The summed E-state index contributed by atoms with van der Waals surface area (Å²) >= 11 is 2.13. The van der Waals surface area contributed by atoms with Gasteiger partial charge in [-0.05, 0) is 19.0 Å². The van der Waals surface area contributed by atoms with Gasteiger partial charge in [-0.25, -0.2) is 0 Å². The van der Waals surface area contributed by atoms with E-state index in [0.29, 0.717) is 0 Å². The molecule has 0 aromatic heterocycles. The molecule has 3 nitrogen and oxygen atoms in total. The molecule has 2 rings (SSSR count). The van der Waals surface area contributed by atoms with Crippen LogP contribution in [0.5, 0.6) is 0 Å². The van der Waals surface area contributed by atoms with Gasteiger partial charge < -0.3 is 10.1 Å². The lowest BCUT2D eigenvalue weighted by Gasteiger charge is -2.24. The highest BCUT2D eigenvalue weighted by atomic mass is 127. The van der Waals surface area contributed by atoms with E-state index in [4.69, 9.17) is 4.74 Å². The lowest BCUT2D eigenvalue weighted by Crippen LogP contribution is -2.34. The van der Waals surface area contributed by atoms with Crippen LogP contribution in [0.2, 0.25) is 0 Å². The quantitative estimate of drug-likeness (QED) is 0.520. The molecule has 1 aromatic rings. The Labute approximate surface area is 115 Å². The molecule has 2 unspecified atom stereocenters. The van der Waals surface area contributed by atoms with Crippen LogP contribution in [0.3, 0.4) is 0 Å². The molecule has 1 aromatic carbocycles. The maximum Gasteiger partial charge on any atom is 0.324 e. The van der Waals surface area contributed by atoms with E-state index in [2.05, 4.69) is 27.9 Å². The van der Waals surface area contributed by atoms with Crippen molar-refractivity contribution in [1.29, 1.82) is 0 Å². The molecule has 1 aliphatic heterocycles. The van der Waals surface area contributed by atoms with E-state index >= 15 is 0 Å². The third-order valence-corrected chi connectivity index (χ3v) is 4.20. The number of esters is 1. The standard InChI is InChI=1S/C13H16INO2/c1-13(7-8-15-9-13)17-12(16)11(14)10-5-3-2-4-6-10/h2-6,11,15H,7-9H2,1H3. The van der Waals surface area contributed by atoms with Gasteiger partial charge in [0.1, 0.15) is 9.53 Å². The number of carbonyl (C=O) groups excluding carboxylic acids is 1. The number of ether oxygens (including phenoxy) is 1. The second-order valence-corrected chi connectivity index (χ2v) is 5.82. The van der Waals surface area contributed by atoms with Crippen molar-refractivity contribution in [3.63, 3.8) is 0 Å². The molecule has 0 radical (unpaired) electrons. The van der Waals surface area contributed by atoms with Crippen LogP contribution in [0.25, 0.3) is 0 Å². The lowest BCUT2D eigenvalue weighted by molar-refractivity contribution is -0.155. The molecule has 1 heterocycles. The first-order valence-corrected chi connectivity index (χ1v) is 6.98. The first kappa shape index (κ1) is 12.8. The van der Waals surface area contributed by atoms with Gasteiger partial charge in [0.15, 0.2) is 0 Å². The van der Waals surface area contributed by atoms with Gasteiger partial charge in [-0.15, -0.1) is 0 Å². The number of halogens is 1. The van der Waals surface area contributed by atoms with E-state index < -0.39 is 0 Å². The minimum absolute atomic E-state index is 0.150. The average molecular weight is 345 g/mol. The van der Waals surface area contributed by atoms with Gasteiger partial charge in [0.05, 0.1) is 0 Å². The van der Waals surface area contributed by atoms with Crippen molar-refractivity contribution in [3.8, 4) is 0 Å². The van der Waals surface area contributed by atoms with Crippen molar-refractivity contribution >= 4 is 28.6 Å². The van der Waals surface area contributed by atoms with Gasteiger partial charge in [-0.2, -0.15) is 0 Å². The molecule has 1 aliphatic rings. The second-order valence-electron chi connectivity index (χ2n) is 4.57. The number of benzene rings is 1. The maximum atomic E-state index is 12.0. The molecular formula is C13H16INO2. The Morgan fingerprint density at radius 2 is 2.18 bits per heavy atom. The van der Waals surface area contributed by atoms with Crippen LogP contribution < -0.4 is 5.32 Å². The molecule has 0 amide bonds. The minimum Gasteiger partial charge on any atom is -0.457 e. The highest BCUT2D eigenvalue weighted by Gasteiger charge is 2.34. The van der Waals surface area contributed by atoms with E-state index in [-0.39, 0.29) is 15.5 Å². The number of hydrogen-bond donors (Lipinski definition) is 1. The molecular weight excluding hydrogens is 329 g/mol. The molecule has 0 aliphatic carbocycles. The number of rotatable bonds is 3. The number of nitrogens with one attached hydrogen (secondary N) is 1. The van der Waals surface area contributed by atoms with Gasteiger partial charge in [-0.1, -0.05) is 52.9 Å². The maximum absolute atomic E-state index is 12.0. The fraction of sp³-hybridized carbons (Fsp3) is 0.462. The smallest absolute Gasteiger partial charge is 0.324 e. The predicted molar refractivity (Wildman–Crippen MR) is 75.2 cm³/mol. The van der Waals surface area contributed by atoms with E-state index in [0.717, 1.165) is 25.1 Å². The molecule has 17 heavy (non-hydrogen) atoms. The summed E-state index contributed by atoms with van der Waals surface area (Å²) in [5.74, 6) is -0.150. The summed E-state index contributed by atoms with van der Waals surface area (Å²) in [6.45, 7) is 3.65. The Morgan fingerprint density at radius 1 is 1.47 bits per heavy atom. The van der Waals surface area contributed by atoms with Crippen LogP contribution in [0.15, 0.2) is 30.3 Å². The molecule has 0 bridgehead atoms. The van der Waals surface area contributed by atoms with Crippen LogP contribution in [-0.4, -0.2) is 24.7 Å². The zero-order valence-electron chi connectivity index (χ0n) is 9.78. The normalized spacial score (nSPS) is 25.5. The monoisotopic (exact) mass is 345 g/mol. The van der Waals surface area contributed by atoms with Gasteiger partial charge in [0.25, 0.3) is 0 Å². The zero-order chi connectivity index (χ0) is 12.3. The van der Waals surface area contributed by atoms with E-state index in [1.165, 1.54) is 0 Å². The third-order valence-electron chi connectivity index (χ3n) is 2.98. The van der Waals surface area contributed by atoms with Gasteiger partial charge in [0, 0.05) is 13.0 Å². The summed E-state index contributed by atoms with van der Waals surface area (Å²) in [7, 11) is 0. The fourth-order valence-electron chi connectivity index (χ4n) is 1.93. The molecule has 2 atom stereocenters. The van der Waals surface area contributed by atoms with Crippen LogP contribution in [-0.2, 0) is 9.53 Å². The Morgan fingerprint density at radius 3 is 2.76 bits per heavy atom. The van der Waals surface area contributed by atoms with E-state index in [1.807, 2.05) is 37.3 Å². The fourth-order valence-corrected chi connectivity index (χ4v) is 2.48. The van der Waals surface area contributed by atoms with Crippen LogP contribution in [0.1, 0.15) is 22.8 Å². The van der Waals surface area contributed by atoms with Crippen LogP contribution in [0, 0.1) is 0 Å². The summed E-state index contributed by atoms with van der Waals surface area (Å²) in [6, 6.07) is 9.72. The van der Waals surface area contributed by atoms with Crippen molar-refractivity contribution < 1.29 is 9.53 Å². The molecule has 92 valence electrons. The molecule has 1 saturated heterocycles. The average Bonchev–Trinajstić information content (AvgIpc) is 2.76. The Hall–Kier alpha value is -0.620. The van der Waals surface area contributed by atoms with Gasteiger partial charge in [0.2, 0.25) is 0 Å². The highest BCUT2D eigenvalue weighted by Crippen LogP contribution is 2.28. The predicted octanol–water partition coefficient (Wildman–Crippen LogP) is 2.46. The Bertz CT molecular complexity index is 388. The first-order valence-electron chi connectivity index (χ1n) is 5.73. The Kier molecular flexibility index (Phi) is 4.04. The van der Waals surface area contributed by atoms with Crippen molar-refractivity contribution in [2.75, 3.05) is 13.1 Å². The molecule has 1 N–H and O–H groups in total. The van der Waals surface area contributed by atoms with Crippen molar-refractivity contribution in [2.45, 2.75) is 22.9 Å². The topological polar surface area (TPSA) is 38.3 Å². The first-order chi connectivity index (χ1) is 8.11. The number of hydrogen-bond acceptors (Lipinski definition) is 3. The largest absolute Gasteiger partial charge is 0.457 e. The van der Waals surface area contributed by atoms with E-state index in [1.54, 1.807) is 0 Å². The lowest BCUT2D eigenvalue weighted by atomic mass is 10.1. The van der Waals surface area contributed by atoms with Crippen LogP contribution in [0.4, 0.5) is 0 Å². The van der Waals surface area contributed by atoms with Crippen molar-refractivity contribution in [3.05, 3.63) is 35.9 Å². The van der Waals surface area contributed by atoms with Crippen molar-refractivity contribution in [1.82, 2.24) is 5.32 Å². The van der Waals surface area contributed by atoms with E-state index in [9.17, 15) is 4.79 Å². The highest BCUT2D eigenvalue weighted by molar-refractivity contribution is 14.1. The Balaban J connectivity index is 2.01. The number of alkyl halides is 1. The van der Waals surface area contributed by atoms with Crippen LogP contribution >= 0.6 is 22.6 Å². The molecule has 0 spiro atoms. The SMILES string of the molecule is CC1(OC(=O)C(I)c2ccccc2)CCNC1. The summed E-state index contributed by atoms with van der Waals surface area (Å²) in [5, 5.41) is 3.22. The summed E-state index contributed by atoms with van der Waals surface area (Å²) in [5.41, 5.74) is 0.655. The third kappa shape index (κ3) is 3.19.